The maximum absolute atomic E-state index is 14.3. The van der Waals surface area contributed by atoms with Gasteiger partial charge in [-0.05, 0) is 22.3 Å². The lowest BCUT2D eigenvalue weighted by atomic mass is 9.98. The van der Waals surface area contributed by atoms with Gasteiger partial charge in [0.15, 0.2) is 0 Å². The predicted molar refractivity (Wildman–Crippen MR) is 120 cm³/mol. The average molecular weight is 484 g/mol. The van der Waals surface area contributed by atoms with Gasteiger partial charge in [-0.3, -0.25) is 9.48 Å². The maximum Gasteiger partial charge on any atom is 0.407 e. The molecule has 0 bridgehead atoms. The van der Waals surface area contributed by atoms with Crippen molar-refractivity contribution in [1.29, 1.82) is 0 Å². The van der Waals surface area contributed by atoms with Gasteiger partial charge in [0.2, 0.25) is 0 Å². The number of carbonyl (C=O) groups excluding carboxylic acids is 2. The van der Waals surface area contributed by atoms with E-state index in [4.69, 9.17) is 9.84 Å². The van der Waals surface area contributed by atoms with E-state index in [2.05, 4.69) is 5.10 Å². The lowest BCUT2D eigenvalue weighted by Crippen LogP contribution is -2.48. The van der Waals surface area contributed by atoms with Crippen LogP contribution in [0.3, 0.4) is 0 Å². The van der Waals surface area contributed by atoms with E-state index in [0.29, 0.717) is 0 Å². The monoisotopic (exact) mass is 484 g/mol. The zero-order valence-electron chi connectivity index (χ0n) is 18.6. The molecule has 0 aliphatic heterocycles. The van der Waals surface area contributed by atoms with Crippen molar-refractivity contribution in [2.75, 3.05) is 13.2 Å². The van der Waals surface area contributed by atoms with Gasteiger partial charge in [-0.25, -0.2) is 9.59 Å². The van der Waals surface area contributed by atoms with Crippen molar-refractivity contribution in [3.8, 4) is 11.1 Å². The second-order valence-corrected chi connectivity index (χ2v) is 8.00. The van der Waals surface area contributed by atoms with Gasteiger partial charge in [-0.15, -0.1) is 0 Å². The summed E-state index contributed by atoms with van der Waals surface area (Å²) in [7, 11) is 1.42. The van der Waals surface area contributed by atoms with Crippen LogP contribution in [0.4, 0.5) is 13.6 Å². The summed E-state index contributed by atoms with van der Waals surface area (Å²) in [6.07, 6.45) is -0.0279. The number of carboxylic acids is 1. The Kier molecular flexibility index (Phi) is 6.50. The number of fused-ring (bicyclic) bond motifs is 3. The number of carboxylic acid groups (broad SMARTS) is 1. The minimum atomic E-state index is -3.95. The van der Waals surface area contributed by atoms with Crippen molar-refractivity contribution in [2.24, 2.45) is 7.05 Å². The summed E-state index contributed by atoms with van der Waals surface area (Å²) in [5.41, 5.74) is 3.84. The summed E-state index contributed by atoms with van der Waals surface area (Å²) < 4.78 is 34.9. The molecule has 11 heteroatoms. The van der Waals surface area contributed by atoms with E-state index in [1.54, 1.807) is 0 Å². The number of benzene rings is 2. The number of aromatic carboxylic acids is 1. The third kappa shape index (κ3) is 4.84. The number of rotatable bonds is 8. The molecule has 0 radical (unpaired) electrons. The SMILES string of the molecule is Cn1ncc(C(=O)O)c1CNC(=O)C(F)(F)CNC(=O)OCC1c2ccccc2-c2ccccc21. The molecule has 4 rings (SSSR count). The number of aryl methyl sites for hydroxylation is 1. The lowest BCUT2D eigenvalue weighted by Gasteiger charge is -2.18. The molecule has 3 N–H and O–H groups in total. The smallest absolute Gasteiger partial charge is 0.407 e. The standard InChI is InChI=1S/C24H22F2N4O5/c1-30-20(18(10-29-30)21(31)32)11-27-22(33)24(25,26)13-28-23(34)35-12-19-16-8-4-2-6-14(16)15-7-3-5-9-17(15)19/h2-10,19H,11-13H2,1H3,(H,27,33)(H,28,34)(H,31,32). The first-order valence-corrected chi connectivity index (χ1v) is 10.7. The third-order valence-electron chi connectivity index (χ3n) is 5.84. The minimum Gasteiger partial charge on any atom is -0.478 e. The predicted octanol–water partition coefficient (Wildman–Crippen LogP) is 2.91. The van der Waals surface area contributed by atoms with Crippen LogP contribution in [0.2, 0.25) is 0 Å². The first-order chi connectivity index (χ1) is 16.7. The van der Waals surface area contributed by atoms with Crippen molar-refractivity contribution in [3.63, 3.8) is 0 Å². The first kappa shape index (κ1) is 23.9. The average Bonchev–Trinajstić information content (AvgIpc) is 3.37. The molecule has 3 aromatic rings. The number of alkyl carbamates (subject to hydrolysis) is 1. The molecule has 0 saturated heterocycles. The fourth-order valence-corrected chi connectivity index (χ4v) is 4.06. The highest BCUT2D eigenvalue weighted by molar-refractivity contribution is 5.89. The maximum atomic E-state index is 14.3. The largest absolute Gasteiger partial charge is 0.478 e. The number of ether oxygens (including phenoxy) is 1. The zero-order valence-corrected chi connectivity index (χ0v) is 18.6. The van der Waals surface area contributed by atoms with Gasteiger partial charge in [0.1, 0.15) is 12.2 Å². The number of halogens is 2. The molecule has 0 saturated carbocycles. The molecule has 0 atom stereocenters. The minimum absolute atomic E-state index is 0.0474. The van der Waals surface area contributed by atoms with Crippen molar-refractivity contribution in [2.45, 2.75) is 18.4 Å². The van der Waals surface area contributed by atoms with E-state index in [0.717, 1.165) is 33.1 Å². The summed E-state index contributed by atoms with van der Waals surface area (Å²) in [6.45, 7) is -1.82. The molecule has 1 aliphatic rings. The normalized spacial score (nSPS) is 12.5. The van der Waals surface area contributed by atoms with Gasteiger partial charge >= 0.3 is 18.0 Å². The number of hydrogen-bond acceptors (Lipinski definition) is 5. The number of hydrogen-bond donors (Lipinski definition) is 3. The molecule has 1 aliphatic carbocycles. The van der Waals surface area contributed by atoms with E-state index in [1.165, 1.54) is 7.05 Å². The Morgan fingerprint density at radius 3 is 2.26 bits per heavy atom. The second-order valence-electron chi connectivity index (χ2n) is 8.00. The van der Waals surface area contributed by atoms with Crippen LogP contribution in [-0.2, 0) is 23.1 Å². The third-order valence-corrected chi connectivity index (χ3v) is 5.84. The highest BCUT2D eigenvalue weighted by atomic mass is 19.3. The van der Waals surface area contributed by atoms with Crippen LogP contribution in [-0.4, -0.2) is 51.9 Å². The Bertz CT molecular complexity index is 1240. The second kappa shape index (κ2) is 9.53. The zero-order chi connectivity index (χ0) is 25.2. The van der Waals surface area contributed by atoms with E-state index < -0.39 is 37.0 Å². The van der Waals surface area contributed by atoms with Crippen molar-refractivity contribution >= 4 is 18.0 Å². The van der Waals surface area contributed by atoms with Crippen LogP contribution in [0, 0.1) is 0 Å². The van der Waals surface area contributed by atoms with Gasteiger partial charge in [-0.2, -0.15) is 13.9 Å². The van der Waals surface area contributed by atoms with Crippen LogP contribution in [0.5, 0.6) is 0 Å². The van der Waals surface area contributed by atoms with Gasteiger partial charge in [0, 0.05) is 13.0 Å². The van der Waals surface area contributed by atoms with E-state index in [1.807, 2.05) is 59.2 Å². The number of amides is 2. The van der Waals surface area contributed by atoms with Crippen LogP contribution >= 0.6 is 0 Å². The molecule has 2 aromatic carbocycles. The van der Waals surface area contributed by atoms with E-state index >= 15 is 0 Å². The van der Waals surface area contributed by atoms with E-state index in [9.17, 15) is 23.2 Å². The fraction of sp³-hybridized carbons (Fsp3) is 0.250. The molecule has 0 unspecified atom stereocenters. The van der Waals surface area contributed by atoms with Crippen LogP contribution < -0.4 is 10.6 Å². The number of nitrogens with one attached hydrogen (secondary N) is 2. The summed E-state index contributed by atoms with van der Waals surface area (Å²) >= 11 is 0. The number of nitrogens with zero attached hydrogens (tertiary/aromatic N) is 2. The Balaban J connectivity index is 1.31. The fourth-order valence-electron chi connectivity index (χ4n) is 4.06. The van der Waals surface area contributed by atoms with Gasteiger partial charge in [0.25, 0.3) is 5.91 Å². The van der Waals surface area contributed by atoms with Gasteiger partial charge < -0.3 is 20.5 Å². The van der Waals surface area contributed by atoms with Crippen molar-refractivity contribution in [3.05, 3.63) is 77.1 Å². The highest BCUT2D eigenvalue weighted by Gasteiger charge is 2.39. The molecule has 9 nitrogen and oxygen atoms in total. The number of carbonyl (C=O) groups is 3. The van der Waals surface area contributed by atoms with Crippen LogP contribution in [0.25, 0.3) is 11.1 Å². The molecular formula is C24H22F2N4O5. The molecular weight excluding hydrogens is 462 g/mol. The van der Waals surface area contributed by atoms with Crippen LogP contribution in [0.15, 0.2) is 54.7 Å². The summed E-state index contributed by atoms with van der Waals surface area (Å²) in [5.74, 6) is -7.16. The molecule has 1 aromatic heterocycles. The highest BCUT2D eigenvalue weighted by Crippen LogP contribution is 2.44. The topological polar surface area (TPSA) is 123 Å². The molecule has 2 amide bonds. The summed E-state index contributed by atoms with van der Waals surface area (Å²) in [4.78, 5) is 35.3. The van der Waals surface area contributed by atoms with Crippen molar-refractivity contribution in [1.82, 2.24) is 20.4 Å². The Hall–Kier alpha value is -4.28. The number of aromatic nitrogens is 2. The number of alkyl halides is 2. The molecule has 182 valence electrons. The lowest BCUT2D eigenvalue weighted by molar-refractivity contribution is -0.144. The van der Waals surface area contributed by atoms with Crippen molar-refractivity contribution < 1.29 is 33.0 Å². The molecule has 0 spiro atoms. The Morgan fingerprint density at radius 1 is 1.06 bits per heavy atom. The summed E-state index contributed by atoms with van der Waals surface area (Å²) in [5, 5.41) is 16.8. The summed E-state index contributed by atoms with van der Waals surface area (Å²) in [6, 6.07) is 15.4. The van der Waals surface area contributed by atoms with E-state index in [-0.39, 0.29) is 23.8 Å². The molecule has 35 heavy (non-hydrogen) atoms. The Morgan fingerprint density at radius 2 is 1.66 bits per heavy atom. The quantitative estimate of drug-likeness (QED) is 0.452. The Labute approximate surface area is 198 Å². The van der Waals surface area contributed by atoms with Crippen LogP contribution in [0.1, 0.15) is 33.1 Å². The first-order valence-electron chi connectivity index (χ1n) is 10.7. The van der Waals surface area contributed by atoms with Gasteiger partial charge in [-0.1, -0.05) is 48.5 Å². The molecule has 0 fully saturated rings. The van der Waals surface area contributed by atoms with Gasteiger partial charge in [0.05, 0.1) is 25.0 Å². The molecule has 1 heterocycles.